The van der Waals surface area contributed by atoms with Gasteiger partial charge in [-0.25, -0.2) is 13.2 Å². The zero-order chi connectivity index (χ0) is 76.7. The monoisotopic (exact) mass is 1610 g/mol. The van der Waals surface area contributed by atoms with Crippen LogP contribution in [0.1, 0.15) is 92.0 Å². The number of pyridine rings is 3. The van der Waals surface area contributed by atoms with Crippen molar-refractivity contribution in [2.45, 2.75) is 111 Å². The van der Waals surface area contributed by atoms with Crippen molar-refractivity contribution in [3.05, 3.63) is 254 Å². The zero-order valence-corrected chi connectivity index (χ0v) is 66.7. The molecule has 1 saturated heterocycles. The van der Waals surface area contributed by atoms with E-state index < -0.39 is 35.9 Å². The quantitative estimate of drug-likeness (QED) is 0.0263. The van der Waals surface area contributed by atoms with Gasteiger partial charge in [-0.15, -0.1) is 0 Å². The van der Waals surface area contributed by atoms with Crippen molar-refractivity contribution in [1.82, 2.24) is 28.7 Å². The molecule has 12 aromatic rings. The third-order valence-corrected chi connectivity index (χ3v) is 19.3. The first kappa shape index (κ1) is 85.2. The number of para-hydroxylation sites is 3. The number of ether oxygens (including phenoxy) is 5. The molecule has 7 heterocycles. The van der Waals surface area contributed by atoms with Gasteiger partial charge in [0.1, 0.15) is 37.1 Å². The van der Waals surface area contributed by atoms with Crippen LogP contribution in [-0.4, -0.2) is 88.7 Å². The van der Waals surface area contributed by atoms with E-state index in [-0.39, 0.29) is 116 Å². The van der Waals surface area contributed by atoms with Crippen LogP contribution in [0.25, 0.3) is 55.0 Å². The van der Waals surface area contributed by atoms with Gasteiger partial charge in [-0.2, -0.15) is 0 Å². The van der Waals surface area contributed by atoms with Crippen molar-refractivity contribution in [3.8, 4) is 39.5 Å². The minimum Gasteiger partial charge on any atom is -0.870 e. The summed E-state index contributed by atoms with van der Waals surface area (Å²) in [7, 11) is 5.43. The number of aryl methyl sites for hydroxylation is 3. The largest absolute Gasteiger partial charge is 1.00 e. The number of aromatic nitrogens is 6. The predicted molar refractivity (Wildman–Crippen MR) is 418 cm³/mol. The topological polar surface area (TPSA) is 298 Å². The first-order valence-electron chi connectivity index (χ1n) is 34.8. The van der Waals surface area contributed by atoms with E-state index >= 15 is 8.78 Å². The normalized spacial score (nSPS) is 12.5. The fourth-order valence-corrected chi connectivity index (χ4v) is 12.7. The second-order valence-corrected chi connectivity index (χ2v) is 27.4. The molecule has 0 saturated carbocycles. The van der Waals surface area contributed by atoms with E-state index in [1.165, 1.54) is 0 Å². The Morgan fingerprint density at radius 2 is 0.844 bits per heavy atom. The summed E-state index contributed by atoms with van der Waals surface area (Å²) in [5.74, 6) is -0.832. The van der Waals surface area contributed by atoms with Crippen LogP contribution in [0.5, 0.6) is 17.2 Å². The Morgan fingerprint density at radius 1 is 0.495 bits per heavy atom. The second-order valence-electron chi connectivity index (χ2n) is 26.3. The van der Waals surface area contributed by atoms with Crippen LogP contribution in [0.2, 0.25) is 0 Å². The maximum absolute atomic E-state index is 15.1. The number of carboxylic acids is 1. The molecule has 6 aromatic carbocycles. The van der Waals surface area contributed by atoms with Gasteiger partial charge < -0.3 is 74.5 Å². The number of rotatable bonds is 23. The smallest absolute Gasteiger partial charge is 0.870 e. The summed E-state index contributed by atoms with van der Waals surface area (Å²) in [5.41, 5.74) is 27.6. The number of carboxylic acid groups (broad SMARTS) is 1. The minimum absolute atomic E-state index is 0. The third kappa shape index (κ3) is 20.7. The number of carbonyl (C=O) groups excluding carboxylic acids is 2. The fraction of sp³-hybridized carbons (Fsp3) is 0.268. The molecule has 0 bridgehead atoms. The van der Waals surface area contributed by atoms with Crippen molar-refractivity contribution in [2.24, 2.45) is 38.3 Å². The number of carbonyl (C=O) groups is 3. The van der Waals surface area contributed by atoms with Gasteiger partial charge >= 0.3 is 54.6 Å². The number of hydrogen-bond donors (Lipinski definition) is 4. The minimum atomic E-state index is -0.924. The Balaban J connectivity index is 0.000000191. The van der Waals surface area contributed by atoms with Crippen molar-refractivity contribution < 1.29 is 101 Å². The molecule has 13 rings (SSSR count). The molecule has 0 radical (unpaired) electrons. The van der Waals surface area contributed by atoms with Gasteiger partial charge in [0.15, 0.2) is 17.5 Å². The number of nitrogens with two attached hydrogens (primary N) is 3. The summed E-state index contributed by atoms with van der Waals surface area (Å²) >= 11 is 1.90. The van der Waals surface area contributed by atoms with Crippen molar-refractivity contribution >= 4 is 85.8 Å². The fourth-order valence-electron chi connectivity index (χ4n) is 12.2. The first-order chi connectivity index (χ1) is 51.3. The number of esters is 2. The predicted octanol–water partition coefficient (Wildman–Crippen LogP) is 10.8. The molecule has 0 atom stereocenters. The number of aliphatic carboxylic acids is 1. The summed E-state index contributed by atoms with van der Waals surface area (Å²) in [6, 6.07) is 45.0. The Labute approximate surface area is 667 Å². The maximum atomic E-state index is 15.1. The van der Waals surface area contributed by atoms with Gasteiger partial charge in [-0.1, -0.05) is 60.7 Å². The van der Waals surface area contributed by atoms with E-state index in [4.69, 9.17) is 55.3 Å². The maximum Gasteiger partial charge on any atom is 1.00 e. The van der Waals surface area contributed by atoms with Crippen molar-refractivity contribution in [3.63, 3.8) is 0 Å². The summed E-state index contributed by atoms with van der Waals surface area (Å²) in [6.45, 7) is 13.5. The van der Waals surface area contributed by atoms with Crippen molar-refractivity contribution in [2.75, 3.05) is 13.2 Å². The van der Waals surface area contributed by atoms with E-state index in [9.17, 15) is 18.8 Å². The molecule has 0 unspecified atom stereocenters. The summed E-state index contributed by atoms with van der Waals surface area (Å²) in [5, 5.41) is 12.1. The van der Waals surface area contributed by atoms with Crippen LogP contribution in [0.15, 0.2) is 183 Å². The van der Waals surface area contributed by atoms with Gasteiger partial charge in [-0.05, 0) is 188 Å². The Bertz CT molecular complexity index is 5160. The second kappa shape index (κ2) is 38.8. The molecule has 109 heavy (non-hydrogen) atoms. The Morgan fingerprint density at radius 3 is 1.22 bits per heavy atom. The number of nitrogens with zero attached hydrogens (tertiary/aromatic N) is 6. The van der Waals surface area contributed by atoms with Crippen LogP contribution in [-0.2, 0) is 113 Å². The van der Waals surface area contributed by atoms with Crippen LogP contribution >= 0.6 is 22.6 Å². The van der Waals surface area contributed by atoms with E-state index in [1.54, 1.807) is 74.9 Å². The molecule has 564 valence electrons. The zero-order valence-electron chi connectivity index (χ0n) is 62.6. The van der Waals surface area contributed by atoms with Crippen LogP contribution in [0, 0.1) is 21.0 Å². The third-order valence-electron chi connectivity index (χ3n) is 18.4. The van der Waals surface area contributed by atoms with E-state index in [0.29, 0.717) is 63.0 Å². The summed E-state index contributed by atoms with van der Waals surface area (Å²) in [6.07, 6.45) is 10.8. The van der Waals surface area contributed by atoms with Crippen LogP contribution < -0.4 is 66.4 Å². The average Bonchev–Trinajstić information content (AvgIpc) is 1.62. The molecule has 0 aliphatic carbocycles. The van der Waals surface area contributed by atoms with Gasteiger partial charge in [0.2, 0.25) is 0 Å². The van der Waals surface area contributed by atoms with Gasteiger partial charge in [0.05, 0.1) is 64.3 Å². The van der Waals surface area contributed by atoms with E-state index in [2.05, 4.69) is 65.4 Å². The number of fused-ring (bicyclic) bond motifs is 3. The molecule has 0 spiro atoms. The molecule has 8 N–H and O–H groups in total. The molecule has 1 fully saturated rings. The number of benzene rings is 6. The standard InChI is InChI=1S/C26H32BNO5.C26H26FN3O3.C24H22FN3O3.C6H6FIN2.Na.H2O/c1-7-30-24(29)16-19-10-8-9-11-23(19)31-17-18-14-21(20-12-13-28(6)22(20)15-18)27-32-25(2,3)26(4,5)33-27;1-3-32-25(31)14-18-6-4-5-7-24(18)33-16-17-12-21(19-9-11-30(2)23(19)13-17)20-8-10-29-22(15-28)26(20)27;1-28-9-7-17-19(18-6-8-27-20(13-26)24(18)25)10-15(11-21(17)28)14-31-22-5-3-2-4-16(22)12-23(29)30;7-6-4(8)1-2-10-5(6)3-9;;/h8-15H,7,16-17H2,1-6H3;4-13H,3,14-16,28H2,1-2H3;2-11H,12-14,26H2,1H3,(H,29,30);1-2H,3,9H2;;1H2/q;;;;+1;/p-1. The van der Waals surface area contributed by atoms with Crippen LogP contribution in [0.4, 0.5) is 13.2 Å². The molecule has 0 amide bonds. The number of hydrogen-bond acceptors (Lipinski definition) is 17. The first-order valence-corrected chi connectivity index (χ1v) is 35.8. The van der Waals surface area contributed by atoms with E-state index in [0.717, 1.165) is 77.1 Å². The molecule has 1 aliphatic heterocycles. The molecular weight excluding hydrogens is 1520 g/mol. The van der Waals surface area contributed by atoms with Crippen LogP contribution in [0.3, 0.4) is 0 Å². The number of halogens is 4. The van der Waals surface area contributed by atoms with Crippen molar-refractivity contribution in [1.29, 1.82) is 0 Å². The van der Waals surface area contributed by atoms with Gasteiger partial charge in [0, 0.05) is 133 Å². The SMILES string of the molecule is CCOC(=O)Cc1ccccc1OCc1cc(-c2ccnc(CN)c2F)c2ccn(C)c2c1.CCOC(=O)Cc1ccccc1OCc1cc(B2OC(C)(C)C(C)(C)O2)c2ccn(C)c2c1.Cn1ccc2c(-c3ccnc(CN)c3F)cc(COc3ccccc3CC(=O)O)cc21.NCc1nccc(I)c1F.[Na+].[OH-]. The van der Waals surface area contributed by atoms with Gasteiger partial charge in [-0.3, -0.25) is 29.3 Å². The molecular formula is C82H87BF3IN9NaO12. The Kier molecular flexibility index (Phi) is 30.3. The summed E-state index contributed by atoms with van der Waals surface area (Å²) < 4.78 is 90.6. The summed E-state index contributed by atoms with van der Waals surface area (Å²) in [4.78, 5) is 46.9. The molecule has 21 nitrogen and oxygen atoms in total. The van der Waals surface area contributed by atoms with E-state index in [1.807, 2.05) is 156 Å². The molecule has 27 heteroatoms. The Hall–Kier alpha value is -9.46. The average molecular weight is 1610 g/mol. The molecule has 1 aliphatic rings. The van der Waals surface area contributed by atoms with Gasteiger partial charge in [0.25, 0.3) is 0 Å². The molecule has 6 aromatic heterocycles.